The second-order valence-electron chi connectivity index (χ2n) is 8.83. The molecule has 0 aliphatic carbocycles. The van der Waals surface area contributed by atoms with E-state index < -0.39 is 0 Å². The van der Waals surface area contributed by atoms with Crippen LogP contribution in [0.25, 0.3) is 22.0 Å². The minimum Gasteiger partial charge on any atom is -0.493 e. The molecule has 1 aromatic heterocycles. The zero-order chi connectivity index (χ0) is 24.5. The first kappa shape index (κ1) is 23.3. The highest BCUT2D eigenvalue weighted by Crippen LogP contribution is 2.41. The molecule has 2 aliphatic heterocycles. The molecule has 0 saturated heterocycles. The maximum absolute atomic E-state index is 5.68. The summed E-state index contributed by atoms with van der Waals surface area (Å²) in [6, 6.07) is 16.7. The summed E-state index contributed by atoms with van der Waals surface area (Å²) in [5.41, 5.74) is 7.49. The van der Waals surface area contributed by atoms with Crippen molar-refractivity contribution in [1.29, 1.82) is 0 Å². The molecule has 0 radical (unpaired) electrons. The quantitative estimate of drug-likeness (QED) is 0.255. The van der Waals surface area contributed by atoms with Crippen LogP contribution in [-0.4, -0.2) is 21.0 Å². The van der Waals surface area contributed by atoms with Crippen molar-refractivity contribution < 1.29 is 23.5 Å². The van der Waals surface area contributed by atoms with Crippen LogP contribution >= 0.6 is 11.6 Å². The number of hydrogen-bond acceptors (Lipinski definition) is 4. The smallest absolute Gasteiger partial charge is 0.231 e. The molecule has 3 aromatic carbocycles. The number of benzene rings is 3. The molecule has 5 nitrogen and oxygen atoms in total. The van der Waals surface area contributed by atoms with Gasteiger partial charge in [0.15, 0.2) is 35.7 Å². The molecule has 4 aromatic rings. The lowest BCUT2D eigenvalue weighted by atomic mass is 9.95. The Labute approximate surface area is 210 Å². The number of alkyl halides is 1. The van der Waals surface area contributed by atoms with Gasteiger partial charge >= 0.3 is 0 Å². The number of nitrogens with zero attached hydrogens (tertiary/aromatic N) is 1. The molecular formula is C29H29ClNO4+. The standard InChI is InChI=1S/C20H18NO4.C9H11Cl/c1-22-17-4-3-12-7-16-14-9-19-18(24-11-25-19)8-13(14)5-6-21(16)10-15(12)20(17)23-2;1-7-3-4-9(6-10)8(2)5-7/h3-4,7-10H,5-6,11H2,1-2H3;3-5H,6H2,1-2H3/q+1;. The molecule has 180 valence electrons. The molecule has 3 heterocycles. The van der Waals surface area contributed by atoms with Gasteiger partial charge in [-0.25, -0.2) is 0 Å². The Morgan fingerprint density at radius 1 is 0.943 bits per heavy atom. The van der Waals surface area contributed by atoms with E-state index in [4.69, 9.17) is 30.5 Å². The molecule has 6 heteroatoms. The van der Waals surface area contributed by atoms with Crippen molar-refractivity contribution in [1.82, 2.24) is 0 Å². The fraction of sp³-hybridized carbons (Fsp3) is 0.276. The predicted octanol–water partition coefficient (Wildman–Crippen LogP) is 6.14. The SMILES string of the molecule is COc1ccc2cc3[n+](cc2c1OC)CCc1cc2c(cc1-3)OCO2.Cc1ccc(CCl)c(C)c1. The summed E-state index contributed by atoms with van der Waals surface area (Å²) in [6.45, 7) is 5.39. The van der Waals surface area contributed by atoms with E-state index >= 15 is 0 Å². The summed E-state index contributed by atoms with van der Waals surface area (Å²) < 4.78 is 24.4. The highest BCUT2D eigenvalue weighted by atomic mass is 35.5. The Morgan fingerprint density at radius 3 is 2.46 bits per heavy atom. The molecule has 0 fully saturated rings. The van der Waals surface area contributed by atoms with Crippen LogP contribution in [0.2, 0.25) is 0 Å². The number of ether oxygens (including phenoxy) is 4. The summed E-state index contributed by atoms with van der Waals surface area (Å²) in [5.74, 6) is 3.80. The van der Waals surface area contributed by atoms with Gasteiger partial charge in [-0.05, 0) is 60.2 Å². The van der Waals surface area contributed by atoms with Crippen LogP contribution in [0.4, 0.5) is 0 Å². The number of pyridine rings is 1. The molecule has 0 unspecified atom stereocenters. The summed E-state index contributed by atoms with van der Waals surface area (Å²) in [5, 5.41) is 2.17. The average Bonchev–Trinajstić information content (AvgIpc) is 3.33. The van der Waals surface area contributed by atoms with Crippen molar-refractivity contribution >= 4 is 22.4 Å². The first-order valence-electron chi connectivity index (χ1n) is 11.7. The van der Waals surface area contributed by atoms with Crippen molar-refractivity contribution in [3.8, 4) is 34.3 Å². The monoisotopic (exact) mass is 490 g/mol. The second-order valence-corrected chi connectivity index (χ2v) is 9.10. The van der Waals surface area contributed by atoms with Crippen LogP contribution in [-0.2, 0) is 18.8 Å². The summed E-state index contributed by atoms with van der Waals surface area (Å²) in [6.07, 6.45) is 3.11. The third-order valence-electron chi connectivity index (χ3n) is 6.64. The van der Waals surface area contributed by atoms with E-state index in [1.165, 1.54) is 33.5 Å². The summed E-state index contributed by atoms with van der Waals surface area (Å²) in [4.78, 5) is 0. The zero-order valence-electron chi connectivity index (χ0n) is 20.5. The fourth-order valence-electron chi connectivity index (χ4n) is 4.76. The van der Waals surface area contributed by atoms with Crippen LogP contribution < -0.4 is 23.5 Å². The molecule has 2 aliphatic rings. The minimum atomic E-state index is 0.299. The maximum atomic E-state index is 5.68. The predicted molar refractivity (Wildman–Crippen MR) is 138 cm³/mol. The van der Waals surface area contributed by atoms with E-state index in [0.717, 1.165) is 46.7 Å². The van der Waals surface area contributed by atoms with Gasteiger partial charge in [0.25, 0.3) is 0 Å². The van der Waals surface area contributed by atoms with E-state index in [-0.39, 0.29) is 0 Å². The topological polar surface area (TPSA) is 40.8 Å². The third-order valence-corrected chi connectivity index (χ3v) is 6.93. The van der Waals surface area contributed by atoms with E-state index in [0.29, 0.717) is 12.7 Å². The summed E-state index contributed by atoms with van der Waals surface area (Å²) in [7, 11) is 3.34. The lowest BCUT2D eigenvalue weighted by molar-refractivity contribution is -0.686. The van der Waals surface area contributed by atoms with Crippen LogP contribution in [0, 0.1) is 13.8 Å². The van der Waals surface area contributed by atoms with Gasteiger partial charge in [0.1, 0.15) is 0 Å². The number of hydrogen-bond donors (Lipinski definition) is 0. The number of aryl methyl sites for hydroxylation is 4. The Kier molecular flexibility index (Phi) is 6.44. The van der Waals surface area contributed by atoms with E-state index in [1.54, 1.807) is 14.2 Å². The van der Waals surface area contributed by atoms with Crippen LogP contribution in [0.15, 0.2) is 54.7 Å². The van der Waals surface area contributed by atoms with Crippen molar-refractivity contribution in [2.75, 3.05) is 21.0 Å². The van der Waals surface area contributed by atoms with Crippen molar-refractivity contribution in [3.63, 3.8) is 0 Å². The Balaban J connectivity index is 0.000000214. The minimum absolute atomic E-state index is 0.299. The lowest BCUT2D eigenvalue weighted by Gasteiger charge is -2.17. The van der Waals surface area contributed by atoms with Crippen LogP contribution in [0.5, 0.6) is 23.0 Å². The maximum Gasteiger partial charge on any atom is 0.231 e. The van der Waals surface area contributed by atoms with Crippen LogP contribution in [0.1, 0.15) is 22.3 Å². The van der Waals surface area contributed by atoms with Gasteiger partial charge in [0, 0.05) is 18.4 Å². The molecule has 0 atom stereocenters. The highest BCUT2D eigenvalue weighted by molar-refractivity contribution is 6.17. The molecule has 6 rings (SSSR count). The van der Waals surface area contributed by atoms with Crippen molar-refractivity contribution in [2.24, 2.45) is 0 Å². The Bertz CT molecular complexity index is 1420. The van der Waals surface area contributed by atoms with Gasteiger partial charge < -0.3 is 18.9 Å². The Hall–Kier alpha value is -3.44. The molecule has 0 N–H and O–H groups in total. The largest absolute Gasteiger partial charge is 0.493 e. The van der Waals surface area contributed by atoms with Gasteiger partial charge in [-0.15, -0.1) is 11.6 Å². The van der Waals surface area contributed by atoms with Crippen molar-refractivity contribution in [2.45, 2.75) is 32.7 Å². The molecular weight excluding hydrogens is 462 g/mol. The highest BCUT2D eigenvalue weighted by Gasteiger charge is 2.28. The van der Waals surface area contributed by atoms with Crippen molar-refractivity contribution in [3.05, 3.63) is 77.0 Å². The van der Waals surface area contributed by atoms with E-state index in [9.17, 15) is 0 Å². The van der Waals surface area contributed by atoms with E-state index in [1.807, 2.05) is 6.07 Å². The number of rotatable bonds is 3. The first-order chi connectivity index (χ1) is 17.0. The van der Waals surface area contributed by atoms with E-state index in [2.05, 4.69) is 67.1 Å². The third kappa shape index (κ3) is 4.37. The van der Waals surface area contributed by atoms with Gasteiger partial charge in [-0.2, -0.15) is 4.57 Å². The Morgan fingerprint density at radius 2 is 1.74 bits per heavy atom. The second kappa shape index (κ2) is 9.67. The van der Waals surface area contributed by atoms with Gasteiger partial charge in [-0.1, -0.05) is 23.8 Å². The first-order valence-corrected chi connectivity index (χ1v) is 12.2. The van der Waals surface area contributed by atoms with Crippen LogP contribution in [0.3, 0.4) is 0 Å². The average molecular weight is 491 g/mol. The molecule has 0 bridgehead atoms. The normalized spacial score (nSPS) is 12.9. The fourth-order valence-corrected chi connectivity index (χ4v) is 5.06. The zero-order valence-corrected chi connectivity index (χ0v) is 21.2. The lowest BCUT2D eigenvalue weighted by Crippen LogP contribution is -2.40. The number of fused-ring (bicyclic) bond motifs is 5. The van der Waals surface area contributed by atoms with Gasteiger partial charge in [-0.3, -0.25) is 0 Å². The molecule has 35 heavy (non-hydrogen) atoms. The summed E-state index contributed by atoms with van der Waals surface area (Å²) >= 11 is 5.68. The van der Waals surface area contributed by atoms with Gasteiger partial charge in [0.2, 0.25) is 12.5 Å². The molecule has 0 saturated carbocycles. The number of halogens is 1. The number of aromatic nitrogens is 1. The number of methoxy groups -OCH3 is 2. The molecule has 0 amide bonds. The molecule has 0 spiro atoms. The van der Waals surface area contributed by atoms with Gasteiger partial charge in [0.05, 0.1) is 25.2 Å².